The maximum Gasteiger partial charge on any atom is 0.119 e. The third-order valence-electron chi connectivity index (χ3n) is 8.77. The van der Waals surface area contributed by atoms with Crippen molar-refractivity contribution >= 4 is 0 Å². The lowest BCUT2D eigenvalue weighted by Gasteiger charge is -2.28. The van der Waals surface area contributed by atoms with Gasteiger partial charge < -0.3 is 5.11 Å². The van der Waals surface area contributed by atoms with Crippen LogP contribution in [-0.4, -0.2) is 5.11 Å². The van der Waals surface area contributed by atoms with Gasteiger partial charge in [-0.3, -0.25) is 0 Å². The van der Waals surface area contributed by atoms with Crippen molar-refractivity contribution in [3.8, 4) is 5.75 Å². The van der Waals surface area contributed by atoms with Crippen LogP contribution in [-0.2, 0) is 19.3 Å². The molecule has 34 heavy (non-hydrogen) atoms. The Balaban J connectivity index is 1.47. The van der Waals surface area contributed by atoms with Crippen LogP contribution in [0.25, 0.3) is 0 Å². The SMILES string of the molecule is Oc1ccc(C2CCc3ccccc32)c(C2CCc3ccccc32)c1C1CCc2ccccc21. The molecule has 3 atom stereocenters. The molecule has 0 aliphatic heterocycles. The van der Waals surface area contributed by atoms with Crippen molar-refractivity contribution in [2.24, 2.45) is 0 Å². The zero-order chi connectivity index (χ0) is 22.6. The first-order valence-electron chi connectivity index (χ1n) is 12.9. The molecule has 0 fully saturated rings. The quantitative estimate of drug-likeness (QED) is 0.346. The zero-order valence-electron chi connectivity index (χ0n) is 19.5. The van der Waals surface area contributed by atoms with Crippen LogP contribution in [0.1, 0.15) is 87.1 Å². The van der Waals surface area contributed by atoms with Crippen molar-refractivity contribution in [2.75, 3.05) is 0 Å². The van der Waals surface area contributed by atoms with Crippen molar-refractivity contribution in [3.63, 3.8) is 0 Å². The van der Waals surface area contributed by atoms with E-state index in [1.807, 2.05) is 6.07 Å². The lowest BCUT2D eigenvalue weighted by molar-refractivity contribution is 0.461. The molecule has 3 aliphatic rings. The highest BCUT2D eigenvalue weighted by atomic mass is 16.3. The van der Waals surface area contributed by atoms with Gasteiger partial charge in [0.05, 0.1) is 0 Å². The normalized spacial score (nSPS) is 22.4. The predicted octanol–water partition coefficient (Wildman–Crippen LogP) is 7.63. The second kappa shape index (κ2) is 7.87. The average molecular weight is 443 g/mol. The third-order valence-corrected chi connectivity index (χ3v) is 8.77. The van der Waals surface area contributed by atoms with Gasteiger partial charge >= 0.3 is 0 Å². The Morgan fingerprint density at radius 2 is 0.882 bits per heavy atom. The average Bonchev–Trinajstić information content (AvgIpc) is 3.60. The van der Waals surface area contributed by atoms with E-state index in [9.17, 15) is 5.11 Å². The molecule has 4 aromatic rings. The van der Waals surface area contributed by atoms with Crippen molar-refractivity contribution in [1.29, 1.82) is 0 Å². The minimum atomic E-state index is 0.274. The molecule has 0 heterocycles. The van der Waals surface area contributed by atoms with E-state index in [4.69, 9.17) is 0 Å². The summed E-state index contributed by atoms with van der Waals surface area (Å²) >= 11 is 0. The monoisotopic (exact) mass is 442 g/mol. The van der Waals surface area contributed by atoms with Crippen LogP contribution in [0.15, 0.2) is 84.9 Å². The highest BCUT2D eigenvalue weighted by Crippen LogP contribution is 2.52. The summed E-state index contributed by atoms with van der Waals surface area (Å²) in [7, 11) is 0. The molecule has 0 radical (unpaired) electrons. The van der Waals surface area contributed by atoms with E-state index < -0.39 is 0 Å². The summed E-state index contributed by atoms with van der Waals surface area (Å²) in [6.45, 7) is 0. The highest BCUT2D eigenvalue weighted by Gasteiger charge is 2.37. The van der Waals surface area contributed by atoms with Gasteiger partial charge in [-0.25, -0.2) is 0 Å². The van der Waals surface area contributed by atoms with Crippen LogP contribution in [0.5, 0.6) is 5.75 Å². The Kier molecular flexibility index (Phi) is 4.65. The summed E-state index contributed by atoms with van der Waals surface area (Å²) < 4.78 is 0. The van der Waals surface area contributed by atoms with Gasteiger partial charge in [-0.15, -0.1) is 0 Å². The molecular formula is C33H30O. The summed E-state index contributed by atoms with van der Waals surface area (Å²) in [5, 5.41) is 11.4. The van der Waals surface area contributed by atoms with Crippen molar-refractivity contribution in [2.45, 2.75) is 56.3 Å². The fourth-order valence-corrected chi connectivity index (χ4v) is 7.29. The Morgan fingerprint density at radius 1 is 0.441 bits per heavy atom. The lowest BCUT2D eigenvalue weighted by atomic mass is 9.75. The molecule has 4 aromatic carbocycles. The van der Waals surface area contributed by atoms with Crippen LogP contribution >= 0.6 is 0 Å². The first kappa shape index (κ1) is 20.1. The van der Waals surface area contributed by atoms with E-state index in [1.54, 1.807) is 0 Å². The molecule has 1 N–H and O–H groups in total. The summed E-state index contributed by atoms with van der Waals surface area (Å²) in [5.41, 5.74) is 12.9. The molecule has 0 saturated carbocycles. The Morgan fingerprint density at radius 3 is 1.44 bits per heavy atom. The summed E-state index contributed by atoms with van der Waals surface area (Å²) in [6.07, 6.45) is 6.73. The van der Waals surface area contributed by atoms with Crippen molar-refractivity contribution in [3.05, 3.63) is 135 Å². The van der Waals surface area contributed by atoms with E-state index in [0.717, 1.165) is 38.5 Å². The first-order chi connectivity index (χ1) is 16.8. The van der Waals surface area contributed by atoms with Crippen LogP contribution < -0.4 is 0 Å². The van der Waals surface area contributed by atoms with Crippen molar-refractivity contribution < 1.29 is 5.11 Å². The summed E-state index contributed by atoms with van der Waals surface area (Å²) in [6, 6.07) is 31.1. The van der Waals surface area contributed by atoms with Crippen LogP contribution in [0, 0.1) is 0 Å². The van der Waals surface area contributed by atoms with Crippen LogP contribution in [0.4, 0.5) is 0 Å². The minimum Gasteiger partial charge on any atom is -0.508 e. The molecule has 0 spiro atoms. The number of aromatic hydroxyl groups is 1. The first-order valence-corrected chi connectivity index (χ1v) is 12.9. The zero-order valence-corrected chi connectivity index (χ0v) is 19.5. The van der Waals surface area contributed by atoms with Gasteiger partial charge in [0.1, 0.15) is 5.75 Å². The molecule has 0 aromatic heterocycles. The molecule has 1 nitrogen and oxygen atoms in total. The predicted molar refractivity (Wildman–Crippen MR) is 138 cm³/mol. The second-order valence-electron chi connectivity index (χ2n) is 10.4. The number of hydrogen-bond donors (Lipinski definition) is 1. The fourth-order valence-electron chi connectivity index (χ4n) is 7.29. The number of phenolic OH excluding ortho intramolecular Hbond substituents is 1. The van der Waals surface area contributed by atoms with Crippen LogP contribution in [0.2, 0.25) is 0 Å². The number of fused-ring (bicyclic) bond motifs is 3. The van der Waals surface area contributed by atoms with Gasteiger partial charge in [0.25, 0.3) is 0 Å². The highest BCUT2D eigenvalue weighted by molar-refractivity contribution is 5.60. The number of aryl methyl sites for hydroxylation is 3. The topological polar surface area (TPSA) is 20.2 Å². The molecular weight excluding hydrogens is 412 g/mol. The van der Waals surface area contributed by atoms with Crippen LogP contribution in [0.3, 0.4) is 0 Å². The van der Waals surface area contributed by atoms with E-state index in [0.29, 0.717) is 17.6 Å². The van der Waals surface area contributed by atoms with Gasteiger partial charge in [0, 0.05) is 23.3 Å². The molecule has 0 amide bonds. The minimum absolute atomic E-state index is 0.274. The second-order valence-corrected chi connectivity index (χ2v) is 10.4. The van der Waals surface area contributed by atoms with Gasteiger partial charge in [0.2, 0.25) is 0 Å². The number of rotatable bonds is 3. The van der Waals surface area contributed by atoms with E-state index in [2.05, 4.69) is 78.9 Å². The number of phenols is 1. The molecule has 0 saturated heterocycles. The maximum absolute atomic E-state index is 11.4. The van der Waals surface area contributed by atoms with Gasteiger partial charge in [-0.1, -0.05) is 78.9 Å². The molecule has 1 heteroatoms. The molecule has 3 unspecified atom stereocenters. The summed E-state index contributed by atoms with van der Waals surface area (Å²) in [5.74, 6) is 1.52. The Bertz CT molecular complexity index is 1400. The van der Waals surface area contributed by atoms with E-state index >= 15 is 0 Å². The van der Waals surface area contributed by atoms with E-state index in [-0.39, 0.29) is 5.92 Å². The molecule has 7 rings (SSSR count). The van der Waals surface area contributed by atoms with Gasteiger partial charge in [-0.05, 0) is 89.1 Å². The van der Waals surface area contributed by atoms with Crippen molar-refractivity contribution in [1.82, 2.24) is 0 Å². The fraction of sp³-hybridized carbons (Fsp3) is 0.273. The largest absolute Gasteiger partial charge is 0.508 e. The van der Waals surface area contributed by atoms with Gasteiger partial charge in [-0.2, -0.15) is 0 Å². The summed E-state index contributed by atoms with van der Waals surface area (Å²) in [4.78, 5) is 0. The standard InChI is InChI=1S/C33H30O/c34-31-20-19-30(27-16-13-21-7-1-4-10-24(21)27)32(28-17-14-22-8-2-5-11-25(22)28)33(31)29-18-15-23-9-3-6-12-26(23)29/h1-12,19-20,27-29,34H,13-18H2. The van der Waals surface area contributed by atoms with Gasteiger partial charge in [0.15, 0.2) is 0 Å². The third kappa shape index (κ3) is 2.99. The Labute approximate surface area is 202 Å². The smallest absolute Gasteiger partial charge is 0.119 e. The van der Waals surface area contributed by atoms with E-state index in [1.165, 1.54) is 50.1 Å². The molecule has 168 valence electrons. The number of benzene rings is 4. The molecule has 0 bridgehead atoms. The number of hydrogen-bond acceptors (Lipinski definition) is 1. The maximum atomic E-state index is 11.4. The lowest BCUT2D eigenvalue weighted by Crippen LogP contribution is -2.12. The molecule has 3 aliphatic carbocycles. The Hall–Kier alpha value is -3.32.